The van der Waals surface area contributed by atoms with Crippen molar-refractivity contribution in [3.8, 4) is 0 Å². The fraction of sp³-hybridized carbons (Fsp3) is 0.941. The molecule has 0 rings (SSSR count). The lowest BCUT2D eigenvalue weighted by Gasteiger charge is -2.21. The zero-order chi connectivity index (χ0) is 64.3. The molecule has 19 heteroatoms. The van der Waals surface area contributed by atoms with Gasteiger partial charge in [-0.2, -0.15) is 0 Å². The van der Waals surface area contributed by atoms with Crippen molar-refractivity contribution in [2.75, 3.05) is 39.6 Å². The number of rotatable bonds is 67. The van der Waals surface area contributed by atoms with Gasteiger partial charge in [0.1, 0.15) is 19.3 Å². The van der Waals surface area contributed by atoms with Crippen LogP contribution in [0, 0.1) is 11.8 Å². The zero-order valence-electron chi connectivity index (χ0n) is 56.3. The van der Waals surface area contributed by atoms with Crippen LogP contribution in [0.1, 0.15) is 343 Å². The SMILES string of the molecule is CCCCCCCCCCCCCCC(=O)OC[C@H](COP(=O)(O)OC[C@@H](O)COP(=O)(O)OC[C@@H](COC(=O)CCCCCCCCC)OC(=O)CCCCCCCCCC(C)C)OC(=O)CCCCCCCCCCCCCCCCC(C)CC. The van der Waals surface area contributed by atoms with Gasteiger partial charge in [-0.25, -0.2) is 9.13 Å². The van der Waals surface area contributed by atoms with Gasteiger partial charge >= 0.3 is 39.5 Å². The predicted octanol–water partition coefficient (Wildman–Crippen LogP) is 19.2. The molecule has 6 atom stereocenters. The van der Waals surface area contributed by atoms with Gasteiger partial charge < -0.3 is 33.8 Å². The lowest BCUT2D eigenvalue weighted by Crippen LogP contribution is -2.30. The lowest BCUT2D eigenvalue weighted by atomic mass is 9.99. The summed E-state index contributed by atoms with van der Waals surface area (Å²) in [7, 11) is -9.89. The first kappa shape index (κ1) is 85.1. The van der Waals surface area contributed by atoms with Crippen LogP contribution in [0.15, 0.2) is 0 Å². The summed E-state index contributed by atoms with van der Waals surface area (Å²) in [4.78, 5) is 72.3. The Morgan fingerprint density at radius 2 is 0.586 bits per heavy atom. The van der Waals surface area contributed by atoms with E-state index < -0.39 is 97.5 Å². The molecule has 0 aliphatic rings. The van der Waals surface area contributed by atoms with E-state index in [1.807, 2.05) is 0 Å². The van der Waals surface area contributed by atoms with E-state index in [0.29, 0.717) is 31.6 Å². The molecule has 0 fully saturated rings. The van der Waals surface area contributed by atoms with Gasteiger partial charge in [-0.3, -0.25) is 37.3 Å². The molecule has 0 aromatic carbocycles. The number of hydrogen-bond acceptors (Lipinski definition) is 15. The van der Waals surface area contributed by atoms with E-state index in [1.165, 1.54) is 148 Å². The normalized spacial score (nSPS) is 14.5. The number of carbonyl (C=O) groups excluding carboxylic acids is 4. The molecule has 0 aliphatic carbocycles. The Balaban J connectivity index is 5.19. The minimum absolute atomic E-state index is 0.103. The third-order valence-electron chi connectivity index (χ3n) is 16.1. The number of unbranched alkanes of at least 4 members (excludes halogenated alkanes) is 36. The molecule has 516 valence electrons. The van der Waals surface area contributed by atoms with Gasteiger partial charge in [0.15, 0.2) is 12.2 Å². The van der Waals surface area contributed by atoms with Gasteiger partial charge in [-0.15, -0.1) is 0 Å². The first-order valence-corrected chi connectivity index (χ1v) is 38.5. The molecule has 0 bridgehead atoms. The van der Waals surface area contributed by atoms with E-state index in [4.69, 9.17) is 37.0 Å². The quantitative estimate of drug-likeness (QED) is 0.0222. The Kier molecular flexibility index (Phi) is 59.0. The third kappa shape index (κ3) is 61.3. The average molecular weight is 1280 g/mol. The van der Waals surface area contributed by atoms with Crippen molar-refractivity contribution in [1.82, 2.24) is 0 Å². The highest BCUT2D eigenvalue weighted by Gasteiger charge is 2.30. The number of hydrogen-bond donors (Lipinski definition) is 3. The standard InChI is InChI=1S/C68H132O17P2/c1-7-10-12-14-16-17-18-24-27-33-39-45-51-66(71)79-57-64(84-67(72)52-46-40-34-28-25-22-20-19-21-23-26-32-37-43-49-61(6)9-3)59-83-87(76,77)81-55-62(69)54-80-86(74,75)82-58-63(56-78-65(70)50-44-38-30-15-13-11-8-2)85-68(73)53-47-41-35-29-31-36-42-48-60(4)5/h60-64,69H,7-59H2,1-6H3,(H,74,75)(H,76,77)/t61?,62-,63+,64+/m0/s1. The van der Waals surface area contributed by atoms with Crippen LogP contribution in [0.3, 0.4) is 0 Å². The lowest BCUT2D eigenvalue weighted by molar-refractivity contribution is -0.161. The molecule has 0 radical (unpaired) electrons. The molecule has 3 unspecified atom stereocenters. The summed E-state index contributed by atoms with van der Waals surface area (Å²) in [6.45, 7) is 9.48. The van der Waals surface area contributed by atoms with Crippen molar-refractivity contribution < 1.29 is 80.2 Å². The first-order valence-electron chi connectivity index (χ1n) is 35.5. The number of carbonyl (C=O) groups is 4. The number of aliphatic hydroxyl groups is 1. The second kappa shape index (κ2) is 60.3. The summed E-state index contributed by atoms with van der Waals surface area (Å²) in [5.41, 5.74) is 0. The van der Waals surface area contributed by atoms with Crippen LogP contribution in [-0.4, -0.2) is 96.7 Å². The van der Waals surface area contributed by atoms with Crippen molar-refractivity contribution in [1.29, 1.82) is 0 Å². The van der Waals surface area contributed by atoms with Crippen molar-refractivity contribution in [3.05, 3.63) is 0 Å². The van der Waals surface area contributed by atoms with Crippen LogP contribution >= 0.6 is 15.6 Å². The highest BCUT2D eigenvalue weighted by molar-refractivity contribution is 7.47. The summed E-state index contributed by atoms with van der Waals surface area (Å²) in [5.74, 6) is -0.591. The fourth-order valence-corrected chi connectivity index (χ4v) is 11.8. The van der Waals surface area contributed by atoms with Gasteiger partial charge in [0, 0.05) is 25.7 Å². The van der Waals surface area contributed by atoms with E-state index in [1.54, 1.807) is 0 Å². The molecule has 0 heterocycles. The highest BCUT2D eigenvalue weighted by Crippen LogP contribution is 2.45. The molecule has 0 aromatic heterocycles. The van der Waals surface area contributed by atoms with Crippen LogP contribution in [0.2, 0.25) is 0 Å². The molecule has 3 N–H and O–H groups in total. The van der Waals surface area contributed by atoms with Crippen LogP contribution < -0.4 is 0 Å². The Labute approximate surface area is 530 Å². The maximum atomic E-state index is 13.0. The van der Waals surface area contributed by atoms with Gasteiger partial charge in [-0.05, 0) is 37.5 Å². The molecule has 0 spiro atoms. The monoisotopic (exact) mass is 1280 g/mol. The van der Waals surface area contributed by atoms with Crippen LogP contribution in [0.25, 0.3) is 0 Å². The number of aliphatic hydroxyl groups excluding tert-OH is 1. The van der Waals surface area contributed by atoms with E-state index in [2.05, 4.69) is 41.5 Å². The number of phosphoric ester groups is 2. The van der Waals surface area contributed by atoms with E-state index in [9.17, 15) is 43.2 Å². The number of phosphoric acid groups is 2. The van der Waals surface area contributed by atoms with Crippen LogP contribution in [0.4, 0.5) is 0 Å². The molecule has 87 heavy (non-hydrogen) atoms. The molecular weight excluding hydrogens is 1150 g/mol. The van der Waals surface area contributed by atoms with Gasteiger partial charge in [0.2, 0.25) is 0 Å². The smallest absolute Gasteiger partial charge is 0.462 e. The Bertz CT molecular complexity index is 1700. The fourth-order valence-electron chi connectivity index (χ4n) is 10.2. The largest absolute Gasteiger partial charge is 0.472 e. The molecule has 0 aliphatic heterocycles. The van der Waals surface area contributed by atoms with E-state index in [0.717, 1.165) is 109 Å². The van der Waals surface area contributed by atoms with Gasteiger partial charge in [0.25, 0.3) is 0 Å². The van der Waals surface area contributed by atoms with Crippen molar-refractivity contribution in [3.63, 3.8) is 0 Å². The highest BCUT2D eigenvalue weighted by atomic mass is 31.2. The molecule has 17 nitrogen and oxygen atoms in total. The summed E-state index contributed by atoms with van der Waals surface area (Å²) in [5, 5.41) is 10.6. The second-order valence-electron chi connectivity index (χ2n) is 25.3. The van der Waals surface area contributed by atoms with Gasteiger partial charge in [-0.1, -0.05) is 292 Å². The minimum atomic E-state index is -4.95. The van der Waals surface area contributed by atoms with Crippen molar-refractivity contribution in [2.24, 2.45) is 11.8 Å². The summed E-state index contributed by atoms with van der Waals surface area (Å²) < 4.78 is 68.1. The molecule has 0 saturated carbocycles. The van der Waals surface area contributed by atoms with Crippen molar-refractivity contribution >= 4 is 39.5 Å². The average Bonchev–Trinajstić information content (AvgIpc) is 3.59. The number of esters is 4. The van der Waals surface area contributed by atoms with Crippen LogP contribution in [-0.2, 0) is 65.4 Å². The third-order valence-corrected chi connectivity index (χ3v) is 18.0. The molecule has 0 amide bonds. The Morgan fingerprint density at radius 3 is 0.874 bits per heavy atom. The minimum Gasteiger partial charge on any atom is -0.462 e. The number of ether oxygens (including phenoxy) is 4. The zero-order valence-corrected chi connectivity index (χ0v) is 58.1. The first-order chi connectivity index (χ1) is 41.9. The second-order valence-corrected chi connectivity index (χ2v) is 28.2. The summed E-state index contributed by atoms with van der Waals surface area (Å²) in [6.07, 6.45) is 44.6. The van der Waals surface area contributed by atoms with Crippen LogP contribution in [0.5, 0.6) is 0 Å². The maximum absolute atomic E-state index is 13.0. The molecular formula is C68H132O17P2. The van der Waals surface area contributed by atoms with Gasteiger partial charge in [0.05, 0.1) is 26.4 Å². The topological polar surface area (TPSA) is 237 Å². The molecule has 0 aromatic rings. The summed E-state index contributed by atoms with van der Waals surface area (Å²) >= 11 is 0. The predicted molar refractivity (Wildman–Crippen MR) is 349 cm³/mol. The Morgan fingerprint density at radius 1 is 0.333 bits per heavy atom. The van der Waals surface area contributed by atoms with E-state index in [-0.39, 0.29) is 25.7 Å². The van der Waals surface area contributed by atoms with E-state index >= 15 is 0 Å². The Hall–Kier alpha value is -1.94. The summed E-state index contributed by atoms with van der Waals surface area (Å²) in [6, 6.07) is 0. The molecule has 0 saturated heterocycles. The van der Waals surface area contributed by atoms with Crippen molar-refractivity contribution in [2.45, 2.75) is 362 Å². The maximum Gasteiger partial charge on any atom is 0.472 e.